The largest absolute Gasteiger partial charge is 0.290 e. The molecule has 0 saturated carbocycles. The second-order valence-corrected chi connectivity index (χ2v) is 6.19. The number of thioether (sulfide) groups is 1. The van der Waals surface area contributed by atoms with Gasteiger partial charge in [-0.2, -0.15) is 11.8 Å². The SMILES string of the molecule is CCCCCCCCCCCCCCSC[C]=O. The normalized spacial score (nSPS) is 10.7. The minimum absolute atomic E-state index is 0.554. The van der Waals surface area contributed by atoms with Gasteiger partial charge in [0.25, 0.3) is 0 Å². The first-order valence-corrected chi connectivity index (χ1v) is 9.00. The van der Waals surface area contributed by atoms with Gasteiger partial charge in [0.15, 0.2) is 0 Å². The minimum atomic E-state index is 0.554. The lowest BCUT2D eigenvalue weighted by atomic mass is 10.1. The van der Waals surface area contributed by atoms with Crippen LogP contribution in [0, 0.1) is 0 Å². The molecule has 0 N–H and O–H groups in total. The molecule has 1 nitrogen and oxygen atoms in total. The van der Waals surface area contributed by atoms with Crippen molar-refractivity contribution >= 4 is 18.0 Å². The summed E-state index contributed by atoms with van der Waals surface area (Å²) in [7, 11) is 0. The van der Waals surface area contributed by atoms with Gasteiger partial charge in [-0.05, 0) is 12.2 Å². The first-order valence-electron chi connectivity index (χ1n) is 7.84. The van der Waals surface area contributed by atoms with Crippen LogP contribution in [0.15, 0.2) is 0 Å². The van der Waals surface area contributed by atoms with E-state index in [0.717, 1.165) is 5.75 Å². The molecule has 107 valence electrons. The summed E-state index contributed by atoms with van der Waals surface area (Å²) in [6, 6.07) is 0. The van der Waals surface area contributed by atoms with E-state index in [1.54, 1.807) is 11.8 Å². The molecule has 1 radical (unpaired) electrons. The lowest BCUT2D eigenvalue weighted by molar-refractivity contribution is 0.548. The monoisotopic (exact) mass is 271 g/mol. The molecule has 2 heteroatoms. The van der Waals surface area contributed by atoms with Crippen LogP contribution in [0.5, 0.6) is 0 Å². The zero-order valence-corrected chi connectivity index (χ0v) is 13.0. The van der Waals surface area contributed by atoms with E-state index in [-0.39, 0.29) is 0 Å². The Labute approximate surface area is 118 Å². The van der Waals surface area contributed by atoms with Crippen LogP contribution in [-0.2, 0) is 4.79 Å². The Kier molecular flexibility index (Phi) is 17.0. The number of rotatable bonds is 15. The summed E-state index contributed by atoms with van der Waals surface area (Å²) in [5.41, 5.74) is 0. The summed E-state index contributed by atoms with van der Waals surface area (Å²) >= 11 is 1.71. The molecule has 0 aliphatic rings. The lowest BCUT2D eigenvalue weighted by Crippen LogP contribution is -1.86. The van der Waals surface area contributed by atoms with Gasteiger partial charge in [0.2, 0.25) is 6.29 Å². The molecule has 0 aliphatic carbocycles. The second kappa shape index (κ2) is 17.0. The van der Waals surface area contributed by atoms with Crippen molar-refractivity contribution in [3.8, 4) is 0 Å². The predicted octanol–water partition coefficient (Wildman–Crippen LogP) is 5.53. The van der Waals surface area contributed by atoms with E-state index < -0.39 is 0 Å². The molecule has 0 aromatic heterocycles. The van der Waals surface area contributed by atoms with Crippen molar-refractivity contribution in [1.29, 1.82) is 0 Å². The van der Waals surface area contributed by atoms with Crippen LogP contribution in [-0.4, -0.2) is 17.8 Å². The summed E-state index contributed by atoms with van der Waals surface area (Å²) in [5, 5.41) is 0. The van der Waals surface area contributed by atoms with Gasteiger partial charge >= 0.3 is 0 Å². The van der Waals surface area contributed by atoms with E-state index in [1.165, 1.54) is 77.0 Å². The zero-order valence-electron chi connectivity index (χ0n) is 12.2. The molecule has 0 heterocycles. The molecular weight excluding hydrogens is 240 g/mol. The Morgan fingerprint density at radius 2 is 1.17 bits per heavy atom. The average Bonchev–Trinajstić information content (AvgIpc) is 2.39. The number of carbonyl (C=O) groups excluding carboxylic acids is 1. The highest BCUT2D eigenvalue weighted by Gasteiger charge is 1.93. The minimum Gasteiger partial charge on any atom is -0.290 e. The van der Waals surface area contributed by atoms with Crippen molar-refractivity contribution in [2.75, 3.05) is 11.5 Å². The maximum atomic E-state index is 9.98. The molecule has 18 heavy (non-hydrogen) atoms. The first kappa shape index (κ1) is 18.0. The molecule has 0 fully saturated rings. The number of unbranched alkanes of at least 4 members (excludes halogenated alkanes) is 11. The fourth-order valence-electron chi connectivity index (χ4n) is 2.16. The standard InChI is InChI=1S/C16H31OS/c1-2-3-4-5-6-7-8-9-10-11-12-13-15-18-16-14-17/h2-13,15-16H2,1H3. The van der Waals surface area contributed by atoms with Crippen LogP contribution < -0.4 is 0 Å². The van der Waals surface area contributed by atoms with E-state index in [2.05, 4.69) is 6.92 Å². The molecule has 0 rings (SSSR count). The third-order valence-electron chi connectivity index (χ3n) is 3.30. The van der Waals surface area contributed by atoms with Crippen LogP contribution in [0.3, 0.4) is 0 Å². The van der Waals surface area contributed by atoms with Crippen LogP contribution in [0.2, 0.25) is 0 Å². The fourth-order valence-corrected chi connectivity index (χ4v) is 2.79. The molecule has 0 saturated heterocycles. The highest BCUT2D eigenvalue weighted by molar-refractivity contribution is 7.99. The highest BCUT2D eigenvalue weighted by Crippen LogP contribution is 2.12. The summed E-state index contributed by atoms with van der Waals surface area (Å²) < 4.78 is 0. The molecule has 0 aromatic carbocycles. The third-order valence-corrected chi connectivity index (χ3v) is 4.20. The molecule has 0 amide bonds. The second-order valence-electron chi connectivity index (χ2n) is 5.09. The molecule has 0 aliphatic heterocycles. The predicted molar refractivity (Wildman–Crippen MR) is 84.1 cm³/mol. The quantitative estimate of drug-likeness (QED) is 0.364. The van der Waals surface area contributed by atoms with Gasteiger partial charge in [-0.15, -0.1) is 0 Å². The summed E-state index contributed by atoms with van der Waals surface area (Å²) in [4.78, 5) is 9.98. The van der Waals surface area contributed by atoms with Crippen LogP contribution >= 0.6 is 11.8 Å². The number of hydrogen-bond donors (Lipinski definition) is 0. The lowest BCUT2D eigenvalue weighted by Gasteiger charge is -2.02. The summed E-state index contributed by atoms with van der Waals surface area (Å²) in [5.74, 6) is 1.69. The Morgan fingerprint density at radius 1 is 0.722 bits per heavy atom. The van der Waals surface area contributed by atoms with Crippen LogP contribution in [0.4, 0.5) is 0 Å². The van der Waals surface area contributed by atoms with Crippen molar-refractivity contribution in [3.05, 3.63) is 0 Å². The summed E-state index contributed by atoms with van der Waals surface area (Å²) in [6.07, 6.45) is 18.7. The Bertz CT molecular complexity index is 159. The molecule has 0 bridgehead atoms. The maximum absolute atomic E-state index is 9.98. The third kappa shape index (κ3) is 16.0. The topological polar surface area (TPSA) is 17.1 Å². The van der Waals surface area contributed by atoms with E-state index >= 15 is 0 Å². The Balaban J connectivity index is 2.88. The maximum Gasteiger partial charge on any atom is 0.209 e. The van der Waals surface area contributed by atoms with Crippen molar-refractivity contribution in [2.45, 2.75) is 84.0 Å². The van der Waals surface area contributed by atoms with Gasteiger partial charge < -0.3 is 0 Å². The Hall–Kier alpha value is 0.0200. The average molecular weight is 271 g/mol. The van der Waals surface area contributed by atoms with E-state index in [4.69, 9.17) is 0 Å². The van der Waals surface area contributed by atoms with Gasteiger partial charge in [0.05, 0.1) is 5.75 Å². The first-order chi connectivity index (χ1) is 8.91. The zero-order chi connectivity index (χ0) is 13.3. The fraction of sp³-hybridized carbons (Fsp3) is 0.938. The molecule has 0 unspecified atom stereocenters. The van der Waals surface area contributed by atoms with Crippen molar-refractivity contribution < 1.29 is 4.79 Å². The van der Waals surface area contributed by atoms with E-state index in [1.807, 2.05) is 6.29 Å². The molecule has 0 atom stereocenters. The van der Waals surface area contributed by atoms with E-state index in [9.17, 15) is 4.79 Å². The van der Waals surface area contributed by atoms with Gasteiger partial charge in [0.1, 0.15) is 0 Å². The van der Waals surface area contributed by atoms with Crippen LogP contribution in [0.1, 0.15) is 84.0 Å². The van der Waals surface area contributed by atoms with Crippen molar-refractivity contribution in [2.24, 2.45) is 0 Å². The van der Waals surface area contributed by atoms with Gasteiger partial charge in [-0.3, -0.25) is 4.79 Å². The van der Waals surface area contributed by atoms with Gasteiger partial charge in [0, 0.05) is 0 Å². The Morgan fingerprint density at radius 3 is 1.61 bits per heavy atom. The summed E-state index contributed by atoms with van der Waals surface area (Å²) in [6.45, 7) is 2.27. The van der Waals surface area contributed by atoms with Crippen molar-refractivity contribution in [3.63, 3.8) is 0 Å². The van der Waals surface area contributed by atoms with Crippen LogP contribution in [0.25, 0.3) is 0 Å². The number of hydrogen-bond acceptors (Lipinski definition) is 2. The van der Waals surface area contributed by atoms with Gasteiger partial charge in [-0.25, -0.2) is 0 Å². The van der Waals surface area contributed by atoms with Crippen molar-refractivity contribution in [1.82, 2.24) is 0 Å². The van der Waals surface area contributed by atoms with Gasteiger partial charge in [-0.1, -0.05) is 77.6 Å². The molecular formula is C16H31OS. The molecule has 0 aromatic rings. The highest BCUT2D eigenvalue weighted by atomic mass is 32.2. The smallest absolute Gasteiger partial charge is 0.209 e. The molecule has 0 spiro atoms. The van der Waals surface area contributed by atoms with E-state index in [0.29, 0.717) is 5.75 Å².